The van der Waals surface area contributed by atoms with Crippen LogP contribution in [-0.2, 0) is 0 Å². The predicted molar refractivity (Wildman–Crippen MR) is 44.6 cm³/mol. The average Bonchev–Trinajstić information content (AvgIpc) is 1.97. The van der Waals surface area contributed by atoms with Crippen LogP contribution in [-0.4, -0.2) is 0 Å². The Kier molecular flexibility index (Phi) is 2.12. The van der Waals surface area contributed by atoms with Crippen molar-refractivity contribution in [2.45, 2.75) is 13.3 Å². The summed E-state index contributed by atoms with van der Waals surface area (Å²) < 4.78 is 0. The van der Waals surface area contributed by atoms with Gasteiger partial charge < -0.3 is 0 Å². The summed E-state index contributed by atoms with van der Waals surface area (Å²) in [4.78, 5) is 0. The smallest absolute Gasteiger partial charge is 0.00576 e. The minimum absolute atomic E-state index is 0.847. The Morgan fingerprint density at radius 2 is 1.50 bits per heavy atom. The molecule has 0 amide bonds. The highest BCUT2D eigenvalue weighted by molar-refractivity contribution is 5.75. The normalized spacial score (nSPS) is 8.80. The van der Waals surface area contributed by atoms with E-state index in [1.807, 2.05) is 6.92 Å². The van der Waals surface area contributed by atoms with Crippen molar-refractivity contribution in [1.29, 1.82) is 0 Å². The summed E-state index contributed by atoms with van der Waals surface area (Å²) in [6, 6.07) is 8.48. The van der Waals surface area contributed by atoms with Crippen LogP contribution in [0, 0.1) is 12.3 Å². The topological polar surface area (TPSA) is 0 Å². The maximum absolute atomic E-state index is 4.78. The van der Waals surface area contributed by atoms with Crippen LogP contribution in [0.4, 0.5) is 0 Å². The summed E-state index contributed by atoms with van der Waals surface area (Å²) in [5.74, 6) is 2.43. The van der Waals surface area contributed by atoms with Crippen LogP contribution in [0.1, 0.15) is 13.3 Å². The van der Waals surface area contributed by atoms with Gasteiger partial charge in [0, 0.05) is 6.42 Å². The predicted octanol–water partition coefficient (Wildman–Crippen LogP) is 2.70. The molecule has 0 saturated carbocycles. The monoisotopic (exact) mass is 130 g/mol. The first-order chi connectivity index (χ1) is 4.88. The highest BCUT2D eigenvalue weighted by Crippen LogP contribution is 2.29. The van der Waals surface area contributed by atoms with Crippen LogP contribution in [0.25, 0.3) is 11.1 Å². The Balaban J connectivity index is 0.000000112. The Morgan fingerprint density at radius 1 is 1.20 bits per heavy atom. The minimum Gasteiger partial charge on any atom is -0.120 e. The van der Waals surface area contributed by atoms with Crippen molar-refractivity contribution in [1.82, 2.24) is 0 Å². The quantitative estimate of drug-likeness (QED) is 0.481. The van der Waals surface area contributed by atoms with Gasteiger partial charge in [0.2, 0.25) is 0 Å². The molecule has 0 unspecified atom stereocenters. The molecule has 0 aromatic rings. The van der Waals surface area contributed by atoms with Crippen molar-refractivity contribution in [3.05, 3.63) is 24.3 Å². The lowest BCUT2D eigenvalue weighted by Crippen LogP contribution is -1.85. The zero-order chi connectivity index (χ0) is 7.40. The minimum atomic E-state index is 0.847. The van der Waals surface area contributed by atoms with Gasteiger partial charge in [0.25, 0.3) is 0 Å². The third-order valence-corrected chi connectivity index (χ3v) is 1.42. The fourth-order valence-electron chi connectivity index (χ4n) is 0.663. The van der Waals surface area contributed by atoms with Crippen molar-refractivity contribution in [2.24, 2.45) is 0 Å². The molecular weight excluding hydrogens is 120 g/mol. The lowest BCUT2D eigenvalue weighted by atomic mass is 9.95. The Morgan fingerprint density at radius 3 is 1.50 bits per heavy atom. The molecule has 0 fully saturated rings. The molecule has 0 heteroatoms. The zero-order valence-corrected chi connectivity index (χ0v) is 6.09. The van der Waals surface area contributed by atoms with Gasteiger partial charge in [0.05, 0.1) is 0 Å². The standard InChI is InChI=1S/C6H4.C4H6/c1-2-6-4-3-5(1)6;1-3-4-2/h1-4H;1H,4H2,2H3. The number of rotatable bonds is 0. The molecule has 0 aromatic heterocycles. The number of hydrogen-bond acceptors (Lipinski definition) is 0. The van der Waals surface area contributed by atoms with Crippen molar-refractivity contribution in [2.75, 3.05) is 0 Å². The second kappa shape index (κ2) is 3.08. The Labute approximate surface area is 61.9 Å². The molecule has 2 rings (SSSR count). The van der Waals surface area contributed by atoms with Gasteiger partial charge in [-0.1, -0.05) is 31.2 Å². The lowest BCUT2D eigenvalue weighted by Gasteiger charge is -2.10. The summed E-state index contributed by atoms with van der Waals surface area (Å²) in [5.41, 5.74) is 2.85. The zero-order valence-electron chi connectivity index (χ0n) is 6.09. The van der Waals surface area contributed by atoms with Crippen LogP contribution >= 0.6 is 0 Å². The van der Waals surface area contributed by atoms with E-state index >= 15 is 0 Å². The number of hydrogen-bond donors (Lipinski definition) is 0. The van der Waals surface area contributed by atoms with E-state index in [0.29, 0.717) is 0 Å². The second-order valence-electron chi connectivity index (χ2n) is 2.14. The molecule has 0 heterocycles. The third-order valence-electron chi connectivity index (χ3n) is 1.42. The molecule has 0 aromatic carbocycles. The first-order valence-electron chi connectivity index (χ1n) is 3.42. The van der Waals surface area contributed by atoms with Crippen molar-refractivity contribution >= 4 is 0 Å². The van der Waals surface area contributed by atoms with Gasteiger partial charge in [-0.2, -0.15) is 0 Å². The van der Waals surface area contributed by atoms with Crippen molar-refractivity contribution < 1.29 is 0 Å². The van der Waals surface area contributed by atoms with Crippen LogP contribution in [0.2, 0.25) is 0 Å². The third kappa shape index (κ3) is 1.19. The van der Waals surface area contributed by atoms with Crippen LogP contribution in [0.5, 0.6) is 0 Å². The van der Waals surface area contributed by atoms with Gasteiger partial charge in [-0.05, 0) is 11.1 Å². The van der Waals surface area contributed by atoms with Gasteiger partial charge in [0.1, 0.15) is 0 Å². The number of fused-ring (bicyclic) bond motifs is 1. The molecule has 0 bridgehead atoms. The lowest BCUT2D eigenvalue weighted by molar-refractivity contribution is 1.28. The van der Waals surface area contributed by atoms with E-state index in [1.54, 1.807) is 0 Å². The van der Waals surface area contributed by atoms with Crippen molar-refractivity contribution in [3.63, 3.8) is 0 Å². The summed E-state index contributed by atoms with van der Waals surface area (Å²) >= 11 is 0. The summed E-state index contributed by atoms with van der Waals surface area (Å²) in [5, 5.41) is 0. The maximum Gasteiger partial charge on any atom is 0.00576 e. The van der Waals surface area contributed by atoms with E-state index in [1.165, 1.54) is 11.1 Å². The SMILES string of the molecule is C#CCC.c1cc2ccc1-2. The maximum atomic E-state index is 4.78. The summed E-state index contributed by atoms with van der Waals surface area (Å²) in [6.45, 7) is 1.94. The number of terminal acetylenes is 1. The van der Waals surface area contributed by atoms with Crippen LogP contribution in [0.3, 0.4) is 0 Å². The van der Waals surface area contributed by atoms with Gasteiger partial charge in [-0.15, -0.1) is 12.3 Å². The molecule has 0 N–H and O–H groups in total. The van der Waals surface area contributed by atoms with E-state index in [0.717, 1.165) is 6.42 Å². The van der Waals surface area contributed by atoms with Gasteiger partial charge >= 0.3 is 0 Å². The molecule has 0 saturated heterocycles. The first kappa shape index (κ1) is 6.89. The van der Waals surface area contributed by atoms with E-state index in [-0.39, 0.29) is 0 Å². The molecular formula is C10H10. The van der Waals surface area contributed by atoms with Crippen LogP contribution in [0.15, 0.2) is 24.3 Å². The van der Waals surface area contributed by atoms with Gasteiger partial charge in [-0.3, -0.25) is 0 Å². The molecule has 0 atom stereocenters. The molecule has 0 spiro atoms. The molecule has 0 aliphatic heterocycles. The molecule has 0 radical (unpaired) electrons. The average molecular weight is 130 g/mol. The molecule has 10 heavy (non-hydrogen) atoms. The molecule has 50 valence electrons. The van der Waals surface area contributed by atoms with E-state index in [2.05, 4.69) is 30.2 Å². The highest BCUT2D eigenvalue weighted by atomic mass is 14.1. The fourth-order valence-corrected chi connectivity index (χ4v) is 0.663. The van der Waals surface area contributed by atoms with Crippen LogP contribution < -0.4 is 0 Å². The van der Waals surface area contributed by atoms with E-state index in [9.17, 15) is 0 Å². The van der Waals surface area contributed by atoms with E-state index in [4.69, 9.17) is 6.42 Å². The van der Waals surface area contributed by atoms with Gasteiger partial charge in [-0.25, -0.2) is 0 Å². The fraction of sp³-hybridized carbons (Fsp3) is 0.200. The second-order valence-corrected chi connectivity index (χ2v) is 2.14. The molecule has 2 aliphatic rings. The molecule has 0 nitrogen and oxygen atoms in total. The number of benzene rings is 1. The summed E-state index contributed by atoms with van der Waals surface area (Å²) in [6.07, 6.45) is 5.62. The largest absolute Gasteiger partial charge is 0.120 e. The molecule has 2 aliphatic carbocycles. The van der Waals surface area contributed by atoms with Crippen molar-refractivity contribution in [3.8, 4) is 23.5 Å². The highest BCUT2D eigenvalue weighted by Gasteiger charge is 2.03. The summed E-state index contributed by atoms with van der Waals surface area (Å²) in [7, 11) is 0. The Hall–Kier alpha value is -1.22. The first-order valence-corrected chi connectivity index (χ1v) is 3.42. The van der Waals surface area contributed by atoms with E-state index < -0.39 is 0 Å². The Bertz CT molecular complexity index is 215. The van der Waals surface area contributed by atoms with Gasteiger partial charge in [0.15, 0.2) is 0 Å².